The van der Waals surface area contributed by atoms with Gasteiger partial charge in [-0.05, 0) is 37.9 Å². The molecule has 5 nitrogen and oxygen atoms in total. The van der Waals surface area contributed by atoms with Crippen LogP contribution < -0.4 is 0 Å². The Morgan fingerprint density at radius 2 is 1.92 bits per heavy atom. The largest absolute Gasteiger partial charge is 0.480 e. The maximum absolute atomic E-state index is 11.8. The number of carboxylic acids is 1. The average Bonchev–Trinajstić information content (AvgIpc) is 2.74. The van der Waals surface area contributed by atoms with Gasteiger partial charge in [0.15, 0.2) is 0 Å². The molecule has 1 N–H and O–H groups in total. The Morgan fingerprint density at radius 1 is 1.25 bits per heavy atom. The van der Waals surface area contributed by atoms with Gasteiger partial charge in [-0.1, -0.05) is 29.3 Å². The van der Waals surface area contributed by atoms with E-state index in [1.54, 1.807) is 0 Å². The lowest BCUT2D eigenvalue weighted by Crippen LogP contribution is -2.42. The lowest BCUT2D eigenvalue weighted by Gasteiger charge is -2.29. The fourth-order valence-electron chi connectivity index (χ4n) is 3.16. The molecule has 0 radical (unpaired) electrons. The van der Waals surface area contributed by atoms with Gasteiger partial charge in [-0.15, -0.1) is 0 Å². The number of hydrogen-bond donors (Lipinski definition) is 1. The molecule has 1 aromatic carbocycles. The molecular formula is C17H22Cl2N2O3. The molecule has 2 rings (SSSR count). The standard InChI is InChI=1S/C17H22Cl2N2O3/c1-12(22)21(11-17(23)24)13-4-3-8-20(9-7-13)10-14-15(18)5-2-6-16(14)19/h2,5-6,13H,3-4,7-11H2,1H3,(H,23,24). The summed E-state index contributed by atoms with van der Waals surface area (Å²) in [5.41, 5.74) is 0.910. The first-order valence-corrected chi connectivity index (χ1v) is 8.78. The third-order valence-electron chi connectivity index (χ3n) is 4.38. The Labute approximate surface area is 152 Å². The molecule has 1 amide bonds. The molecule has 7 heteroatoms. The molecule has 1 atom stereocenters. The molecule has 0 bridgehead atoms. The van der Waals surface area contributed by atoms with Crippen LogP contribution in [-0.2, 0) is 16.1 Å². The Kier molecular flexibility index (Phi) is 6.90. The molecule has 0 aliphatic carbocycles. The molecule has 0 saturated carbocycles. The predicted molar refractivity (Wildman–Crippen MR) is 94.4 cm³/mol. The zero-order valence-corrected chi connectivity index (χ0v) is 15.2. The maximum Gasteiger partial charge on any atom is 0.323 e. The van der Waals surface area contributed by atoms with Crippen molar-refractivity contribution in [1.82, 2.24) is 9.80 Å². The highest BCUT2D eigenvalue weighted by Gasteiger charge is 2.26. The highest BCUT2D eigenvalue weighted by atomic mass is 35.5. The van der Waals surface area contributed by atoms with Crippen molar-refractivity contribution >= 4 is 35.1 Å². The fourth-order valence-corrected chi connectivity index (χ4v) is 3.68. The molecule has 1 aliphatic heterocycles. The van der Waals surface area contributed by atoms with Crippen molar-refractivity contribution in [3.8, 4) is 0 Å². The summed E-state index contributed by atoms with van der Waals surface area (Å²) in [5.74, 6) is -1.17. The van der Waals surface area contributed by atoms with E-state index in [1.807, 2.05) is 18.2 Å². The monoisotopic (exact) mass is 372 g/mol. The summed E-state index contributed by atoms with van der Waals surface area (Å²) < 4.78 is 0. The molecule has 0 spiro atoms. The number of carboxylic acid groups (broad SMARTS) is 1. The minimum absolute atomic E-state index is 0.0367. The molecule has 1 saturated heterocycles. The molecular weight excluding hydrogens is 351 g/mol. The van der Waals surface area contributed by atoms with Crippen molar-refractivity contribution in [1.29, 1.82) is 0 Å². The minimum Gasteiger partial charge on any atom is -0.480 e. The van der Waals surface area contributed by atoms with E-state index in [2.05, 4.69) is 4.90 Å². The van der Waals surface area contributed by atoms with Crippen LogP contribution in [-0.4, -0.2) is 52.5 Å². The second-order valence-corrected chi connectivity index (χ2v) is 6.92. The first kappa shape index (κ1) is 19.0. The van der Waals surface area contributed by atoms with E-state index in [9.17, 15) is 9.59 Å². The van der Waals surface area contributed by atoms with Gasteiger partial charge in [0.25, 0.3) is 0 Å². The van der Waals surface area contributed by atoms with Crippen molar-refractivity contribution in [2.75, 3.05) is 19.6 Å². The maximum atomic E-state index is 11.8. The van der Waals surface area contributed by atoms with Gasteiger partial charge in [0, 0.05) is 41.7 Å². The van der Waals surface area contributed by atoms with Gasteiger partial charge in [0.1, 0.15) is 6.54 Å². The van der Waals surface area contributed by atoms with E-state index in [-0.39, 0.29) is 18.5 Å². The smallest absolute Gasteiger partial charge is 0.323 e. The summed E-state index contributed by atoms with van der Waals surface area (Å²) in [6.45, 7) is 3.49. The molecule has 1 heterocycles. The van der Waals surface area contributed by atoms with E-state index in [4.69, 9.17) is 28.3 Å². The van der Waals surface area contributed by atoms with Crippen molar-refractivity contribution < 1.29 is 14.7 Å². The number of benzene rings is 1. The van der Waals surface area contributed by atoms with E-state index in [0.717, 1.165) is 37.9 Å². The predicted octanol–water partition coefficient (Wildman–Crippen LogP) is 3.28. The van der Waals surface area contributed by atoms with Crippen LogP contribution in [0.5, 0.6) is 0 Å². The van der Waals surface area contributed by atoms with Crippen molar-refractivity contribution in [3.63, 3.8) is 0 Å². The first-order chi connectivity index (χ1) is 11.4. The SMILES string of the molecule is CC(=O)N(CC(=O)O)C1CCCN(Cc2c(Cl)cccc2Cl)CC1. The van der Waals surface area contributed by atoms with E-state index in [0.29, 0.717) is 16.6 Å². The Morgan fingerprint density at radius 3 is 2.50 bits per heavy atom. The van der Waals surface area contributed by atoms with Gasteiger partial charge < -0.3 is 10.0 Å². The summed E-state index contributed by atoms with van der Waals surface area (Å²) in [5, 5.41) is 10.3. The lowest BCUT2D eigenvalue weighted by molar-refractivity contribution is -0.145. The molecule has 132 valence electrons. The van der Waals surface area contributed by atoms with E-state index >= 15 is 0 Å². The highest BCUT2D eigenvalue weighted by molar-refractivity contribution is 6.35. The number of nitrogens with zero attached hydrogens (tertiary/aromatic N) is 2. The van der Waals surface area contributed by atoms with Gasteiger partial charge >= 0.3 is 5.97 Å². The number of halogens is 2. The van der Waals surface area contributed by atoms with E-state index < -0.39 is 5.97 Å². The quantitative estimate of drug-likeness (QED) is 0.861. The third kappa shape index (κ3) is 5.10. The van der Waals surface area contributed by atoms with Crippen LogP contribution in [0.4, 0.5) is 0 Å². The Balaban J connectivity index is 2.02. The third-order valence-corrected chi connectivity index (χ3v) is 5.09. The topological polar surface area (TPSA) is 60.9 Å². The van der Waals surface area contributed by atoms with Gasteiger partial charge in [-0.25, -0.2) is 0 Å². The van der Waals surface area contributed by atoms with Gasteiger partial charge in [0.05, 0.1) is 0 Å². The molecule has 0 aromatic heterocycles. The lowest BCUT2D eigenvalue weighted by atomic mass is 10.1. The molecule has 1 fully saturated rings. The van der Waals surface area contributed by atoms with Crippen LogP contribution in [0.2, 0.25) is 10.0 Å². The number of hydrogen-bond acceptors (Lipinski definition) is 3. The number of carbonyl (C=O) groups excluding carboxylic acids is 1. The zero-order chi connectivity index (χ0) is 17.7. The van der Waals surface area contributed by atoms with Crippen molar-refractivity contribution in [2.24, 2.45) is 0 Å². The summed E-state index contributed by atoms with van der Waals surface area (Å²) in [4.78, 5) is 26.5. The molecule has 1 aromatic rings. The number of likely N-dealkylation sites (tertiary alicyclic amines) is 1. The first-order valence-electron chi connectivity index (χ1n) is 8.02. The second kappa shape index (κ2) is 8.70. The van der Waals surface area contributed by atoms with Crippen LogP contribution in [0.3, 0.4) is 0 Å². The number of aliphatic carboxylic acids is 1. The molecule has 1 unspecified atom stereocenters. The summed E-state index contributed by atoms with van der Waals surface area (Å²) in [6, 6.07) is 5.44. The van der Waals surface area contributed by atoms with E-state index in [1.165, 1.54) is 11.8 Å². The van der Waals surface area contributed by atoms with Crippen molar-refractivity contribution in [3.05, 3.63) is 33.8 Å². The number of carbonyl (C=O) groups is 2. The summed E-state index contributed by atoms with van der Waals surface area (Å²) >= 11 is 12.5. The number of rotatable bonds is 5. The fraction of sp³-hybridized carbons (Fsp3) is 0.529. The second-order valence-electron chi connectivity index (χ2n) is 6.10. The van der Waals surface area contributed by atoms with Gasteiger partial charge in [-0.3, -0.25) is 14.5 Å². The Bertz CT molecular complexity index is 589. The average molecular weight is 373 g/mol. The van der Waals surface area contributed by atoms with Crippen LogP contribution >= 0.6 is 23.2 Å². The summed E-state index contributed by atoms with van der Waals surface area (Å²) in [6.07, 6.45) is 2.45. The van der Waals surface area contributed by atoms with Gasteiger partial charge in [-0.2, -0.15) is 0 Å². The van der Waals surface area contributed by atoms with Crippen LogP contribution in [0, 0.1) is 0 Å². The van der Waals surface area contributed by atoms with Crippen LogP contribution in [0.25, 0.3) is 0 Å². The Hall–Kier alpha value is -1.30. The van der Waals surface area contributed by atoms with Gasteiger partial charge in [0.2, 0.25) is 5.91 Å². The highest BCUT2D eigenvalue weighted by Crippen LogP contribution is 2.27. The number of amides is 1. The summed E-state index contributed by atoms with van der Waals surface area (Å²) in [7, 11) is 0. The molecule has 24 heavy (non-hydrogen) atoms. The minimum atomic E-state index is -0.978. The van der Waals surface area contributed by atoms with Crippen molar-refractivity contribution in [2.45, 2.75) is 38.8 Å². The zero-order valence-electron chi connectivity index (χ0n) is 13.7. The van der Waals surface area contributed by atoms with Crippen LogP contribution in [0.15, 0.2) is 18.2 Å². The molecule has 1 aliphatic rings. The normalized spacial score (nSPS) is 18.9. The van der Waals surface area contributed by atoms with Crippen LogP contribution in [0.1, 0.15) is 31.7 Å².